The van der Waals surface area contributed by atoms with Crippen molar-refractivity contribution in [1.82, 2.24) is 14.9 Å². The van der Waals surface area contributed by atoms with E-state index in [1.54, 1.807) is 31.5 Å². The van der Waals surface area contributed by atoms with Crippen LogP contribution in [0.15, 0.2) is 54.9 Å². The lowest BCUT2D eigenvalue weighted by Crippen LogP contribution is -2.35. The topological polar surface area (TPSA) is 93.5 Å². The summed E-state index contributed by atoms with van der Waals surface area (Å²) in [7, 11) is 0.128. The summed E-state index contributed by atoms with van der Waals surface area (Å²) in [6.45, 7) is 0.454. The molecule has 3 aromatic rings. The third-order valence-electron chi connectivity index (χ3n) is 5.66. The van der Waals surface area contributed by atoms with E-state index in [9.17, 15) is 13.2 Å². The molecule has 1 aliphatic rings. The smallest absolute Gasteiger partial charge is 0.252 e. The first-order valence-corrected chi connectivity index (χ1v) is 12.2. The molecule has 2 aromatic carbocycles. The fourth-order valence-corrected chi connectivity index (χ4v) is 5.01. The zero-order chi connectivity index (χ0) is 22.9. The summed E-state index contributed by atoms with van der Waals surface area (Å²) in [5.41, 5.74) is 2.85. The van der Waals surface area contributed by atoms with Crippen LogP contribution in [-0.4, -0.2) is 43.8 Å². The van der Waals surface area contributed by atoms with Gasteiger partial charge in [-0.05, 0) is 54.3 Å². The predicted molar refractivity (Wildman–Crippen MR) is 122 cm³/mol. The number of methoxy groups -OCH3 is 1. The highest BCUT2D eigenvalue weighted by Crippen LogP contribution is 2.30. The summed E-state index contributed by atoms with van der Waals surface area (Å²) >= 11 is 0. The molecular weight excluding hydrogens is 428 g/mol. The highest BCUT2D eigenvalue weighted by atomic mass is 32.2. The fraction of sp³-hybridized carbons (Fsp3) is 0.304. The van der Waals surface area contributed by atoms with Gasteiger partial charge in [-0.3, -0.25) is 9.10 Å². The van der Waals surface area contributed by atoms with Gasteiger partial charge < -0.3 is 14.6 Å². The number of hydrogen-bond acceptors (Lipinski definition) is 5. The van der Waals surface area contributed by atoms with Crippen molar-refractivity contribution in [2.24, 2.45) is 7.05 Å². The molecule has 32 heavy (non-hydrogen) atoms. The van der Waals surface area contributed by atoms with Crippen LogP contribution in [0.5, 0.6) is 5.75 Å². The number of hydrogen-bond donors (Lipinski definition) is 1. The Labute approximate surface area is 187 Å². The minimum absolute atomic E-state index is 0.256. The largest absolute Gasteiger partial charge is 0.497 e. The van der Waals surface area contributed by atoms with E-state index >= 15 is 0 Å². The Balaban J connectivity index is 1.65. The van der Waals surface area contributed by atoms with E-state index in [4.69, 9.17) is 4.74 Å². The zero-order valence-corrected chi connectivity index (χ0v) is 19.1. The summed E-state index contributed by atoms with van der Waals surface area (Å²) in [6.07, 6.45) is 6.17. The highest BCUT2D eigenvalue weighted by molar-refractivity contribution is 7.92. The third-order valence-corrected chi connectivity index (χ3v) is 6.84. The number of fused-ring (bicyclic) bond motifs is 1. The molecule has 1 N–H and O–H groups in total. The number of amides is 1. The minimum atomic E-state index is -3.36. The Morgan fingerprint density at radius 1 is 1.19 bits per heavy atom. The molecule has 0 fully saturated rings. The molecule has 9 heteroatoms. The summed E-state index contributed by atoms with van der Waals surface area (Å²) in [6, 6.07) is 12.2. The van der Waals surface area contributed by atoms with Gasteiger partial charge in [-0.2, -0.15) is 0 Å². The predicted octanol–water partition coefficient (Wildman–Crippen LogP) is 2.66. The van der Waals surface area contributed by atoms with Crippen molar-refractivity contribution in [3.63, 3.8) is 0 Å². The molecule has 0 saturated heterocycles. The lowest BCUT2D eigenvalue weighted by molar-refractivity contribution is 0.0941. The number of anilines is 1. The Kier molecular flexibility index (Phi) is 5.92. The van der Waals surface area contributed by atoms with E-state index < -0.39 is 16.1 Å². The third kappa shape index (κ3) is 4.34. The normalized spacial score (nSPS) is 14.5. The van der Waals surface area contributed by atoms with Gasteiger partial charge in [0.2, 0.25) is 10.0 Å². The van der Waals surface area contributed by atoms with E-state index in [0.29, 0.717) is 30.0 Å². The van der Waals surface area contributed by atoms with Crippen molar-refractivity contribution in [1.29, 1.82) is 0 Å². The SMILES string of the molecule is COc1ccc([C@H](NC(=O)c2ccc3c(c2)CCCN3S(C)(=O)=O)c2nccn2C)cc1. The number of carbonyl (C=O) groups excluding carboxylic acids is 1. The number of rotatable bonds is 6. The van der Waals surface area contributed by atoms with Crippen molar-refractivity contribution in [2.75, 3.05) is 24.2 Å². The fourth-order valence-electron chi connectivity index (χ4n) is 4.01. The molecule has 0 bridgehead atoms. The molecule has 1 aliphatic heterocycles. The van der Waals surface area contributed by atoms with E-state index in [-0.39, 0.29) is 5.91 Å². The lowest BCUT2D eigenvalue weighted by Gasteiger charge is -2.29. The number of imidazole rings is 1. The van der Waals surface area contributed by atoms with E-state index in [1.807, 2.05) is 42.1 Å². The minimum Gasteiger partial charge on any atom is -0.497 e. The Hall–Kier alpha value is -3.33. The molecule has 0 spiro atoms. The van der Waals surface area contributed by atoms with Crippen molar-refractivity contribution in [3.05, 3.63) is 77.4 Å². The van der Waals surface area contributed by atoms with Crippen molar-refractivity contribution in [2.45, 2.75) is 18.9 Å². The Bertz CT molecular complexity index is 1240. The summed E-state index contributed by atoms with van der Waals surface area (Å²) in [4.78, 5) is 17.7. The van der Waals surface area contributed by atoms with Crippen LogP contribution in [0.2, 0.25) is 0 Å². The molecular formula is C23H26N4O4S. The average Bonchev–Trinajstić information content (AvgIpc) is 3.21. The first-order valence-electron chi connectivity index (χ1n) is 10.3. The number of nitrogens with one attached hydrogen (secondary N) is 1. The average molecular weight is 455 g/mol. The number of nitrogens with zero attached hydrogens (tertiary/aromatic N) is 3. The second kappa shape index (κ2) is 8.66. The first-order chi connectivity index (χ1) is 15.3. The molecule has 1 atom stereocenters. The van der Waals surface area contributed by atoms with Gasteiger partial charge in [0.05, 0.1) is 19.1 Å². The van der Waals surface area contributed by atoms with E-state index in [0.717, 1.165) is 23.3 Å². The lowest BCUT2D eigenvalue weighted by atomic mass is 10.00. The monoisotopic (exact) mass is 454 g/mol. The van der Waals surface area contributed by atoms with Crippen molar-refractivity contribution < 1.29 is 17.9 Å². The molecule has 8 nitrogen and oxygen atoms in total. The molecule has 4 rings (SSSR count). The standard InChI is InChI=1S/C23H26N4O4S/c1-26-14-12-24-22(26)21(16-6-9-19(31-2)10-7-16)25-23(28)18-8-11-20-17(15-18)5-4-13-27(20)32(3,29)30/h6-12,14-15,21H,4-5,13H2,1-3H3,(H,25,28)/t21-/m0/s1. The zero-order valence-electron chi connectivity index (χ0n) is 18.3. The van der Waals surface area contributed by atoms with Crippen LogP contribution in [0, 0.1) is 0 Å². The van der Waals surface area contributed by atoms with Gasteiger partial charge >= 0.3 is 0 Å². The van der Waals surface area contributed by atoms with Crippen LogP contribution >= 0.6 is 0 Å². The van der Waals surface area contributed by atoms with E-state index in [2.05, 4.69) is 10.3 Å². The summed E-state index contributed by atoms with van der Waals surface area (Å²) < 4.78 is 32.7. The maximum absolute atomic E-state index is 13.2. The second-order valence-electron chi connectivity index (χ2n) is 7.86. The van der Waals surface area contributed by atoms with Gasteiger partial charge in [-0.15, -0.1) is 0 Å². The Morgan fingerprint density at radius 3 is 2.56 bits per heavy atom. The highest BCUT2D eigenvalue weighted by Gasteiger charge is 2.26. The van der Waals surface area contributed by atoms with Gasteiger partial charge in [0.1, 0.15) is 17.6 Å². The van der Waals surface area contributed by atoms with Gasteiger partial charge in [0, 0.05) is 31.5 Å². The molecule has 1 aromatic heterocycles. The molecule has 0 radical (unpaired) electrons. The maximum Gasteiger partial charge on any atom is 0.252 e. The summed E-state index contributed by atoms with van der Waals surface area (Å²) in [5.74, 6) is 1.17. The number of aryl methyl sites for hydroxylation is 2. The molecule has 1 amide bonds. The van der Waals surface area contributed by atoms with Crippen LogP contribution in [-0.2, 0) is 23.5 Å². The van der Waals surface area contributed by atoms with Crippen LogP contribution in [0.4, 0.5) is 5.69 Å². The number of sulfonamides is 1. The van der Waals surface area contributed by atoms with Gasteiger partial charge in [-0.1, -0.05) is 12.1 Å². The summed E-state index contributed by atoms with van der Waals surface area (Å²) in [5, 5.41) is 3.08. The first kappa shape index (κ1) is 21.9. The molecule has 2 heterocycles. The van der Waals surface area contributed by atoms with Crippen LogP contribution in [0.1, 0.15) is 39.8 Å². The van der Waals surface area contributed by atoms with Crippen LogP contribution < -0.4 is 14.4 Å². The molecule has 0 aliphatic carbocycles. The number of benzene rings is 2. The maximum atomic E-state index is 13.2. The van der Waals surface area contributed by atoms with E-state index in [1.165, 1.54) is 10.6 Å². The quantitative estimate of drug-likeness (QED) is 0.618. The molecule has 168 valence electrons. The van der Waals surface area contributed by atoms with Crippen LogP contribution in [0.3, 0.4) is 0 Å². The van der Waals surface area contributed by atoms with Crippen molar-refractivity contribution >= 4 is 21.6 Å². The van der Waals surface area contributed by atoms with Gasteiger partial charge in [0.15, 0.2) is 0 Å². The number of aromatic nitrogens is 2. The molecule has 0 unspecified atom stereocenters. The van der Waals surface area contributed by atoms with Crippen molar-refractivity contribution in [3.8, 4) is 5.75 Å². The number of ether oxygens (including phenoxy) is 1. The van der Waals surface area contributed by atoms with Crippen LogP contribution in [0.25, 0.3) is 0 Å². The molecule has 0 saturated carbocycles. The van der Waals surface area contributed by atoms with Gasteiger partial charge in [-0.25, -0.2) is 13.4 Å². The second-order valence-corrected chi connectivity index (χ2v) is 9.76. The number of carbonyl (C=O) groups is 1. The Morgan fingerprint density at radius 2 is 1.94 bits per heavy atom. The van der Waals surface area contributed by atoms with Gasteiger partial charge in [0.25, 0.3) is 5.91 Å².